The van der Waals surface area contributed by atoms with Crippen LogP contribution < -0.4 is 4.74 Å². The molecule has 6 nitrogen and oxygen atoms in total. The zero-order chi connectivity index (χ0) is 16.9. The zero-order valence-electron chi connectivity index (χ0n) is 13.9. The molecule has 1 saturated heterocycles. The van der Waals surface area contributed by atoms with E-state index in [9.17, 15) is 4.79 Å². The van der Waals surface area contributed by atoms with E-state index in [-0.39, 0.29) is 11.7 Å². The Bertz CT molecular complexity index is 673. The van der Waals surface area contributed by atoms with Crippen molar-refractivity contribution in [3.8, 4) is 5.75 Å². The van der Waals surface area contributed by atoms with Crippen LogP contribution in [0.15, 0.2) is 36.7 Å². The first kappa shape index (κ1) is 16.5. The summed E-state index contributed by atoms with van der Waals surface area (Å²) in [5.41, 5.74) is 0.281. The fourth-order valence-corrected chi connectivity index (χ4v) is 3.03. The van der Waals surface area contributed by atoms with Gasteiger partial charge in [-0.25, -0.2) is 9.78 Å². The number of benzene rings is 1. The molecule has 1 aromatic heterocycles. The number of carboxylic acid groups (broad SMARTS) is 1. The third kappa shape index (κ3) is 3.94. The van der Waals surface area contributed by atoms with Gasteiger partial charge in [-0.15, -0.1) is 0 Å². The minimum Gasteiger partial charge on any atom is -0.490 e. The molecular formula is C18H23N3O3. The molecule has 0 spiro atoms. The van der Waals surface area contributed by atoms with Crippen molar-refractivity contribution < 1.29 is 14.6 Å². The van der Waals surface area contributed by atoms with Crippen LogP contribution in [-0.2, 0) is 13.1 Å². The summed E-state index contributed by atoms with van der Waals surface area (Å²) in [6.45, 7) is 5.91. The normalized spacial score (nSPS) is 16.2. The summed E-state index contributed by atoms with van der Waals surface area (Å²) in [4.78, 5) is 17.7. The standard InChI is InChI=1S/C18H23N3O3/c1-2-21-12-9-19-17(21)13-20-10-7-16(8-11-20)24-15-5-3-14(4-6-15)18(22)23/h3-6,9,12,16H,2,7-8,10-11,13H2,1H3,(H,22,23). The van der Waals surface area contributed by atoms with E-state index in [4.69, 9.17) is 9.84 Å². The first-order valence-corrected chi connectivity index (χ1v) is 8.38. The number of aromatic carboxylic acids is 1. The molecule has 1 aromatic carbocycles. The maximum atomic E-state index is 10.9. The summed E-state index contributed by atoms with van der Waals surface area (Å²) in [5, 5.41) is 8.92. The van der Waals surface area contributed by atoms with Gasteiger partial charge in [-0.2, -0.15) is 0 Å². The second-order valence-corrected chi connectivity index (χ2v) is 6.05. The summed E-state index contributed by atoms with van der Waals surface area (Å²) in [7, 11) is 0. The molecule has 1 aliphatic rings. The van der Waals surface area contributed by atoms with Gasteiger partial charge in [-0.1, -0.05) is 0 Å². The van der Waals surface area contributed by atoms with Crippen molar-refractivity contribution in [2.45, 2.75) is 39.0 Å². The quantitative estimate of drug-likeness (QED) is 0.882. The number of hydrogen-bond donors (Lipinski definition) is 1. The van der Waals surface area contributed by atoms with Gasteiger partial charge in [0.15, 0.2) is 0 Å². The molecule has 1 aliphatic heterocycles. The summed E-state index contributed by atoms with van der Waals surface area (Å²) >= 11 is 0. The van der Waals surface area contributed by atoms with Gasteiger partial charge in [-0.3, -0.25) is 4.90 Å². The number of nitrogens with zero attached hydrogens (tertiary/aromatic N) is 3. The fraction of sp³-hybridized carbons (Fsp3) is 0.444. The Kier molecular flexibility index (Phi) is 5.15. The predicted molar refractivity (Wildman–Crippen MR) is 90.2 cm³/mol. The van der Waals surface area contributed by atoms with Gasteiger partial charge in [0.2, 0.25) is 0 Å². The number of carboxylic acids is 1. The maximum absolute atomic E-state index is 10.9. The van der Waals surface area contributed by atoms with Gasteiger partial charge in [0.25, 0.3) is 0 Å². The fourth-order valence-electron chi connectivity index (χ4n) is 3.03. The number of aromatic nitrogens is 2. The number of hydrogen-bond acceptors (Lipinski definition) is 4. The number of carbonyl (C=O) groups is 1. The molecule has 0 bridgehead atoms. The lowest BCUT2D eigenvalue weighted by molar-refractivity contribution is 0.0696. The van der Waals surface area contributed by atoms with E-state index < -0.39 is 5.97 Å². The number of likely N-dealkylation sites (tertiary alicyclic amines) is 1. The lowest BCUT2D eigenvalue weighted by Crippen LogP contribution is -2.38. The van der Waals surface area contributed by atoms with Crippen LogP contribution in [0, 0.1) is 0 Å². The topological polar surface area (TPSA) is 67.6 Å². The Hall–Kier alpha value is -2.34. The number of rotatable bonds is 6. The van der Waals surface area contributed by atoms with E-state index in [2.05, 4.69) is 21.4 Å². The maximum Gasteiger partial charge on any atom is 0.335 e. The van der Waals surface area contributed by atoms with Crippen LogP contribution in [0.2, 0.25) is 0 Å². The molecule has 0 unspecified atom stereocenters. The highest BCUT2D eigenvalue weighted by atomic mass is 16.5. The minimum atomic E-state index is -0.916. The highest BCUT2D eigenvalue weighted by Gasteiger charge is 2.21. The number of imidazole rings is 1. The molecule has 3 rings (SSSR count). The average Bonchev–Trinajstić information content (AvgIpc) is 3.04. The summed E-state index contributed by atoms with van der Waals surface area (Å²) in [6, 6.07) is 6.62. The Labute approximate surface area is 141 Å². The van der Waals surface area contributed by atoms with E-state index in [1.807, 2.05) is 12.4 Å². The van der Waals surface area contributed by atoms with Gasteiger partial charge in [0.05, 0.1) is 12.1 Å². The molecule has 24 heavy (non-hydrogen) atoms. The molecular weight excluding hydrogens is 306 g/mol. The Morgan fingerprint density at radius 2 is 2.00 bits per heavy atom. The highest BCUT2D eigenvalue weighted by molar-refractivity contribution is 5.87. The molecule has 1 fully saturated rings. The largest absolute Gasteiger partial charge is 0.490 e. The van der Waals surface area contributed by atoms with Crippen LogP contribution in [0.3, 0.4) is 0 Å². The minimum absolute atomic E-state index is 0.183. The molecule has 2 heterocycles. The van der Waals surface area contributed by atoms with Gasteiger partial charge >= 0.3 is 5.97 Å². The van der Waals surface area contributed by atoms with E-state index in [0.717, 1.165) is 50.6 Å². The van der Waals surface area contributed by atoms with Gasteiger partial charge in [0.1, 0.15) is 17.7 Å². The SMILES string of the molecule is CCn1ccnc1CN1CCC(Oc2ccc(C(=O)O)cc2)CC1. The van der Waals surface area contributed by atoms with Crippen LogP contribution in [0.25, 0.3) is 0 Å². The number of ether oxygens (including phenoxy) is 1. The molecule has 0 saturated carbocycles. The van der Waals surface area contributed by atoms with E-state index in [1.165, 1.54) is 0 Å². The van der Waals surface area contributed by atoms with Crippen molar-refractivity contribution >= 4 is 5.97 Å². The highest BCUT2D eigenvalue weighted by Crippen LogP contribution is 2.20. The first-order valence-electron chi connectivity index (χ1n) is 8.38. The molecule has 1 N–H and O–H groups in total. The van der Waals surface area contributed by atoms with E-state index >= 15 is 0 Å². The van der Waals surface area contributed by atoms with Gasteiger partial charge < -0.3 is 14.4 Å². The van der Waals surface area contributed by atoms with Crippen LogP contribution >= 0.6 is 0 Å². The smallest absolute Gasteiger partial charge is 0.335 e. The third-order valence-corrected chi connectivity index (χ3v) is 4.45. The molecule has 2 aromatic rings. The Morgan fingerprint density at radius 3 is 2.62 bits per heavy atom. The lowest BCUT2D eigenvalue weighted by Gasteiger charge is -2.32. The van der Waals surface area contributed by atoms with Crippen molar-refractivity contribution in [2.75, 3.05) is 13.1 Å². The van der Waals surface area contributed by atoms with Gasteiger partial charge in [-0.05, 0) is 44.0 Å². The molecule has 0 amide bonds. The summed E-state index contributed by atoms with van der Waals surface area (Å²) in [5.74, 6) is 0.932. The summed E-state index contributed by atoms with van der Waals surface area (Å²) in [6.07, 6.45) is 5.99. The zero-order valence-corrected chi connectivity index (χ0v) is 13.9. The monoisotopic (exact) mass is 329 g/mol. The Balaban J connectivity index is 1.49. The van der Waals surface area contributed by atoms with Crippen molar-refractivity contribution in [1.82, 2.24) is 14.5 Å². The average molecular weight is 329 g/mol. The molecule has 128 valence electrons. The second-order valence-electron chi connectivity index (χ2n) is 6.05. The van der Waals surface area contributed by atoms with Crippen molar-refractivity contribution in [1.29, 1.82) is 0 Å². The van der Waals surface area contributed by atoms with Crippen LogP contribution in [0.4, 0.5) is 0 Å². The van der Waals surface area contributed by atoms with Crippen molar-refractivity contribution in [2.24, 2.45) is 0 Å². The van der Waals surface area contributed by atoms with Crippen LogP contribution in [0.5, 0.6) is 5.75 Å². The van der Waals surface area contributed by atoms with E-state index in [0.29, 0.717) is 0 Å². The molecule has 0 atom stereocenters. The van der Waals surface area contributed by atoms with Crippen molar-refractivity contribution in [3.05, 3.63) is 48.0 Å². The molecule has 6 heteroatoms. The molecule has 0 aliphatic carbocycles. The van der Waals surface area contributed by atoms with E-state index in [1.54, 1.807) is 24.3 Å². The Morgan fingerprint density at radius 1 is 1.29 bits per heavy atom. The predicted octanol–water partition coefficient (Wildman–Crippen LogP) is 2.64. The third-order valence-electron chi connectivity index (χ3n) is 4.45. The molecule has 0 radical (unpaired) electrons. The lowest BCUT2D eigenvalue weighted by atomic mass is 10.1. The second kappa shape index (κ2) is 7.49. The van der Waals surface area contributed by atoms with Crippen LogP contribution in [-0.4, -0.2) is 44.7 Å². The first-order chi connectivity index (χ1) is 11.7. The van der Waals surface area contributed by atoms with Crippen molar-refractivity contribution in [3.63, 3.8) is 0 Å². The number of aryl methyl sites for hydroxylation is 1. The van der Waals surface area contributed by atoms with Crippen LogP contribution in [0.1, 0.15) is 35.9 Å². The summed E-state index contributed by atoms with van der Waals surface area (Å²) < 4.78 is 8.15. The van der Waals surface area contributed by atoms with Gasteiger partial charge in [0, 0.05) is 32.0 Å². The number of piperidine rings is 1.